The van der Waals surface area contributed by atoms with E-state index in [9.17, 15) is 13.2 Å². The highest BCUT2D eigenvalue weighted by atomic mass is 19.4. The average molecular weight is 301 g/mol. The van der Waals surface area contributed by atoms with Crippen molar-refractivity contribution in [2.45, 2.75) is 71.9 Å². The van der Waals surface area contributed by atoms with Gasteiger partial charge >= 0.3 is 6.18 Å². The Bertz CT molecular complexity index is 428. The molecule has 0 fully saturated rings. The highest BCUT2D eigenvalue weighted by molar-refractivity contribution is 5.14. The van der Waals surface area contributed by atoms with Crippen LogP contribution in [0.2, 0.25) is 0 Å². The summed E-state index contributed by atoms with van der Waals surface area (Å²) in [5, 5.41) is 0. The van der Waals surface area contributed by atoms with Crippen LogP contribution in [0.4, 0.5) is 13.2 Å². The van der Waals surface area contributed by atoms with Crippen molar-refractivity contribution in [3.63, 3.8) is 0 Å². The monoisotopic (exact) mass is 301 g/mol. The fourth-order valence-electron chi connectivity index (χ4n) is 2.54. The SMILES string of the molecule is CCCCCCC(C)(CC)Cc1cccc(C(F)(F)F)n1. The second kappa shape index (κ2) is 7.81. The van der Waals surface area contributed by atoms with E-state index >= 15 is 0 Å². The fraction of sp³-hybridized carbons (Fsp3) is 0.706. The van der Waals surface area contributed by atoms with Gasteiger partial charge < -0.3 is 0 Å². The second-order valence-corrected chi connectivity index (χ2v) is 6.16. The van der Waals surface area contributed by atoms with Gasteiger partial charge in [0.2, 0.25) is 0 Å². The maximum absolute atomic E-state index is 12.7. The van der Waals surface area contributed by atoms with E-state index in [0.717, 1.165) is 25.3 Å². The third kappa shape index (κ3) is 6.06. The molecule has 1 nitrogen and oxygen atoms in total. The number of aromatic nitrogens is 1. The maximum atomic E-state index is 12.7. The van der Waals surface area contributed by atoms with Crippen LogP contribution in [0.25, 0.3) is 0 Å². The van der Waals surface area contributed by atoms with Crippen molar-refractivity contribution < 1.29 is 13.2 Å². The molecule has 1 unspecified atom stereocenters. The molecule has 4 heteroatoms. The Labute approximate surface area is 126 Å². The molecule has 0 aliphatic rings. The van der Waals surface area contributed by atoms with Crippen molar-refractivity contribution >= 4 is 0 Å². The van der Waals surface area contributed by atoms with Crippen LogP contribution in [0.15, 0.2) is 18.2 Å². The lowest BCUT2D eigenvalue weighted by molar-refractivity contribution is -0.141. The normalized spacial score (nSPS) is 15.0. The molecule has 0 saturated heterocycles. The first-order valence-corrected chi connectivity index (χ1v) is 7.84. The highest BCUT2D eigenvalue weighted by Crippen LogP contribution is 2.33. The first kappa shape index (κ1) is 18.0. The summed E-state index contributed by atoms with van der Waals surface area (Å²) in [4.78, 5) is 3.80. The van der Waals surface area contributed by atoms with Crippen molar-refractivity contribution in [2.75, 3.05) is 0 Å². The van der Waals surface area contributed by atoms with Gasteiger partial charge in [0, 0.05) is 5.69 Å². The van der Waals surface area contributed by atoms with Gasteiger partial charge in [-0.25, -0.2) is 4.98 Å². The van der Waals surface area contributed by atoms with Gasteiger partial charge in [0.15, 0.2) is 0 Å². The van der Waals surface area contributed by atoms with E-state index in [1.807, 2.05) is 0 Å². The molecule has 1 rings (SSSR count). The van der Waals surface area contributed by atoms with Gasteiger partial charge in [-0.3, -0.25) is 0 Å². The average Bonchev–Trinajstić information content (AvgIpc) is 2.43. The van der Waals surface area contributed by atoms with Crippen molar-refractivity contribution in [3.8, 4) is 0 Å². The van der Waals surface area contributed by atoms with Crippen LogP contribution in [0.1, 0.15) is 70.7 Å². The van der Waals surface area contributed by atoms with Gasteiger partial charge in [-0.15, -0.1) is 0 Å². The zero-order valence-corrected chi connectivity index (χ0v) is 13.3. The number of halogens is 3. The molecular weight excluding hydrogens is 275 g/mol. The molecule has 1 atom stereocenters. The molecule has 0 aromatic carbocycles. The summed E-state index contributed by atoms with van der Waals surface area (Å²) >= 11 is 0. The minimum atomic E-state index is -4.36. The van der Waals surface area contributed by atoms with Crippen molar-refractivity contribution in [3.05, 3.63) is 29.6 Å². The number of hydrogen-bond donors (Lipinski definition) is 0. The molecule has 1 aromatic heterocycles. The number of nitrogens with zero attached hydrogens (tertiary/aromatic N) is 1. The third-order valence-electron chi connectivity index (χ3n) is 4.19. The number of alkyl halides is 3. The zero-order chi connectivity index (χ0) is 15.9. The smallest absolute Gasteiger partial charge is 0.248 e. The van der Waals surface area contributed by atoms with E-state index in [0.29, 0.717) is 12.1 Å². The number of rotatable bonds is 8. The third-order valence-corrected chi connectivity index (χ3v) is 4.19. The van der Waals surface area contributed by atoms with Crippen LogP contribution in [0.5, 0.6) is 0 Å². The van der Waals surface area contributed by atoms with Gasteiger partial charge in [0.25, 0.3) is 0 Å². The van der Waals surface area contributed by atoms with E-state index in [1.165, 1.54) is 25.3 Å². The van der Waals surface area contributed by atoms with Gasteiger partial charge in [-0.1, -0.05) is 58.9 Å². The molecule has 0 saturated carbocycles. The molecular formula is C17H26F3N. The first-order valence-electron chi connectivity index (χ1n) is 7.84. The summed E-state index contributed by atoms with van der Waals surface area (Å²) in [6, 6.07) is 4.20. The Morgan fingerprint density at radius 1 is 1.05 bits per heavy atom. The Morgan fingerprint density at radius 3 is 2.33 bits per heavy atom. The zero-order valence-electron chi connectivity index (χ0n) is 13.3. The van der Waals surface area contributed by atoms with Gasteiger partial charge in [-0.2, -0.15) is 13.2 Å². The summed E-state index contributed by atoms with van der Waals surface area (Å²) in [5.41, 5.74) is -0.209. The Hall–Kier alpha value is -1.06. The lowest BCUT2D eigenvalue weighted by Crippen LogP contribution is -2.20. The lowest BCUT2D eigenvalue weighted by Gasteiger charge is -2.28. The molecule has 0 aliphatic heterocycles. The van der Waals surface area contributed by atoms with Crippen LogP contribution in [0, 0.1) is 5.41 Å². The first-order chi connectivity index (χ1) is 9.80. The van der Waals surface area contributed by atoms with E-state index in [4.69, 9.17) is 0 Å². The molecule has 21 heavy (non-hydrogen) atoms. The molecule has 0 N–H and O–H groups in total. The molecule has 0 spiro atoms. The van der Waals surface area contributed by atoms with Gasteiger partial charge in [0.1, 0.15) is 5.69 Å². The van der Waals surface area contributed by atoms with Crippen LogP contribution in [0.3, 0.4) is 0 Å². The minimum Gasteiger partial charge on any atom is -0.248 e. The quantitative estimate of drug-likeness (QED) is 0.534. The van der Waals surface area contributed by atoms with Gasteiger partial charge in [-0.05, 0) is 30.4 Å². The fourth-order valence-corrected chi connectivity index (χ4v) is 2.54. The summed E-state index contributed by atoms with van der Waals surface area (Å²) in [5.74, 6) is 0. The van der Waals surface area contributed by atoms with Crippen molar-refractivity contribution in [2.24, 2.45) is 5.41 Å². The summed E-state index contributed by atoms with van der Waals surface area (Å²) in [7, 11) is 0. The summed E-state index contributed by atoms with van der Waals surface area (Å²) in [6.45, 7) is 6.43. The van der Waals surface area contributed by atoms with Crippen LogP contribution in [-0.2, 0) is 12.6 Å². The molecule has 120 valence electrons. The molecule has 1 heterocycles. The van der Waals surface area contributed by atoms with E-state index < -0.39 is 11.9 Å². The highest BCUT2D eigenvalue weighted by Gasteiger charge is 2.33. The van der Waals surface area contributed by atoms with Crippen LogP contribution < -0.4 is 0 Å². The van der Waals surface area contributed by atoms with Crippen LogP contribution >= 0.6 is 0 Å². The molecule has 0 bridgehead atoms. The Kier molecular flexibility index (Phi) is 6.69. The van der Waals surface area contributed by atoms with Crippen molar-refractivity contribution in [1.82, 2.24) is 4.98 Å². The Morgan fingerprint density at radius 2 is 1.76 bits per heavy atom. The topological polar surface area (TPSA) is 12.9 Å². The number of hydrogen-bond acceptors (Lipinski definition) is 1. The minimum absolute atomic E-state index is 0.0327. The predicted octanol–water partition coefficient (Wildman–Crippen LogP) is 6.03. The molecule has 1 aromatic rings. The van der Waals surface area contributed by atoms with Crippen molar-refractivity contribution in [1.29, 1.82) is 0 Å². The largest absolute Gasteiger partial charge is 0.433 e. The standard InChI is InChI=1S/C17H26F3N/c1-4-6-7-8-12-16(3,5-2)13-14-10-9-11-15(21-14)17(18,19)20/h9-11H,4-8,12-13H2,1-3H3. The van der Waals surface area contributed by atoms with Crippen LogP contribution in [-0.4, -0.2) is 4.98 Å². The molecule has 0 radical (unpaired) electrons. The summed E-state index contributed by atoms with van der Waals surface area (Å²) in [6.07, 6.45) is 3.00. The van der Waals surface area contributed by atoms with E-state index in [2.05, 4.69) is 25.8 Å². The molecule has 0 amide bonds. The van der Waals surface area contributed by atoms with E-state index in [-0.39, 0.29) is 5.41 Å². The maximum Gasteiger partial charge on any atom is 0.433 e. The second-order valence-electron chi connectivity index (χ2n) is 6.16. The predicted molar refractivity (Wildman–Crippen MR) is 80.1 cm³/mol. The van der Waals surface area contributed by atoms with Gasteiger partial charge in [0.05, 0.1) is 0 Å². The lowest BCUT2D eigenvalue weighted by atomic mass is 9.78. The Balaban J connectivity index is 2.72. The summed E-state index contributed by atoms with van der Waals surface area (Å²) < 4.78 is 38.1. The molecule has 0 aliphatic carbocycles. The number of unbranched alkanes of at least 4 members (excludes halogenated alkanes) is 3. The number of pyridine rings is 1. The van der Waals surface area contributed by atoms with E-state index in [1.54, 1.807) is 6.07 Å².